The second-order valence-electron chi connectivity index (χ2n) is 5.59. The third-order valence-electron chi connectivity index (χ3n) is 3.69. The van der Waals surface area contributed by atoms with Crippen molar-refractivity contribution in [1.82, 2.24) is 4.57 Å². The summed E-state index contributed by atoms with van der Waals surface area (Å²) in [5, 5.41) is 2.87. The highest BCUT2D eigenvalue weighted by atomic mass is 35.5. The Morgan fingerprint density at radius 2 is 1.77 bits per heavy atom. The summed E-state index contributed by atoms with van der Waals surface area (Å²) >= 11 is 5.83. The maximum Gasteiger partial charge on any atom is 0.257 e. The number of nitrogens with one attached hydrogen (secondary N) is 1. The monoisotopic (exact) mass is 374 g/mol. The lowest BCUT2D eigenvalue weighted by Gasteiger charge is -2.10. The Bertz CT molecular complexity index is 1020. The van der Waals surface area contributed by atoms with Crippen LogP contribution < -0.4 is 10.9 Å². The second-order valence-corrected chi connectivity index (χ2v) is 6.03. The molecule has 0 fully saturated rings. The fourth-order valence-electron chi connectivity index (χ4n) is 2.36. The molecule has 7 heteroatoms. The normalized spacial score (nSPS) is 10.6. The topological polar surface area (TPSA) is 51.1 Å². The van der Waals surface area contributed by atoms with Gasteiger partial charge in [0.05, 0.1) is 17.8 Å². The lowest BCUT2D eigenvalue weighted by Crippen LogP contribution is -2.22. The highest BCUT2D eigenvalue weighted by Crippen LogP contribution is 2.16. The van der Waals surface area contributed by atoms with Crippen LogP contribution in [0, 0.1) is 11.6 Å². The molecule has 3 aromatic rings. The van der Waals surface area contributed by atoms with E-state index in [1.165, 1.54) is 22.9 Å². The Labute approximate surface area is 152 Å². The van der Waals surface area contributed by atoms with Crippen LogP contribution >= 0.6 is 11.6 Å². The van der Waals surface area contributed by atoms with Crippen molar-refractivity contribution in [2.75, 3.05) is 5.32 Å². The number of carbonyl (C=O) groups excluding carboxylic acids is 1. The number of aromatic nitrogens is 1. The van der Waals surface area contributed by atoms with E-state index in [-0.39, 0.29) is 23.4 Å². The van der Waals surface area contributed by atoms with Crippen LogP contribution in [-0.4, -0.2) is 10.5 Å². The second kappa shape index (κ2) is 7.49. The summed E-state index contributed by atoms with van der Waals surface area (Å²) in [6.45, 7) is 0.242. The van der Waals surface area contributed by atoms with Gasteiger partial charge in [-0.05, 0) is 35.9 Å². The number of halogens is 3. The molecule has 26 heavy (non-hydrogen) atoms. The Morgan fingerprint density at radius 1 is 1.04 bits per heavy atom. The van der Waals surface area contributed by atoms with Crippen molar-refractivity contribution >= 4 is 23.2 Å². The largest absolute Gasteiger partial charge is 0.319 e. The van der Waals surface area contributed by atoms with Gasteiger partial charge in [0.25, 0.3) is 11.5 Å². The van der Waals surface area contributed by atoms with Crippen molar-refractivity contribution in [2.24, 2.45) is 0 Å². The van der Waals surface area contributed by atoms with Crippen molar-refractivity contribution < 1.29 is 13.6 Å². The van der Waals surface area contributed by atoms with Crippen molar-refractivity contribution in [3.05, 3.63) is 98.9 Å². The van der Waals surface area contributed by atoms with Crippen LogP contribution in [-0.2, 0) is 6.54 Å². The van der Waals surface area contributed by atoms with Crippen molar-refractivity contribution in [1.29, 1.82) is 0 Å². The first-order valence-corrected chi connectivity index (χ1v) is 8.01. The van der Waals surface area contributed by atoms with E-state index in [4.69, 9.17) is 11.6 Å². The minimum absolute atomic E-state index is 0.141. The minimum atomic E-state index is -0.755. The zero-order valence-electron chi connectivity index (χ0n) is 13.4. The Morgan fingerprint density at radius 3 is 2.50 bits per heavy atom. The summed E-state index contributed by atoms with van der Waals surface area (Å²) < 4.78 is 28.2. The molecule has 3 rings (SSSR count). The molecule has 4 nitrogen and oxygen atoms in total. The van der Waals surface area contributed by atoms with E-state index < -0.39 is 17.5 Å². The summed E-state index contributed by atoms with van der Waals surface area (Å²) in [6, 6.07) is 12.3. The van der Waals surface area contributed by atoms with E-state index in [2.05, 4.69) is 5.32 Å². The van der Waals surface area contributed by atoms with Crippen LogP contribution in [0.3, 0.4) is 0 Å². The highest BCUT2D eigenvalue weighted by Gasteiger charge is 2.12. The first-order valence-electron chi connectivity index (χ1n) is 7.64. The molecule has 0 atom stereocenters. The van der Waals surface area contributed by atoms with Gasteiger partial charge in [-0.25, -0.2) is 8.78 Å². The molecule has 1 amide bonds. The number of anilines is 1. The summed E-state index contributed by atoms with van der Waals surface area (Å²) in [7, 11) is 0. The summed E-state index contributed by atoms with van der Waals surface area (Å²) in [6.07, 6.45) is 1.36. The van der Waals surface area contributed by atoms with Crippen molar-refractivity contribution in [3.8, 4) is 0 Å². The maximum absolute atomic E-state index is 13.7. The van der Waals surface area contributed by atoms with Crippen molar-refractivity contribution in [2.45, 2.75) is 6.54 Å². The molecule has 0 spiro atoms. The number of benzene rings is 2. The smallest absolute Gasteiger partial charge is 0.257 e. The summed E-state index contributed by atoms with van der Waals surface area (Å²) in [4.78, 5) is 24.3. The SMILES string of the molecule is O=C(Nc1cc(F)ccc1F)c1ccc(=O)n(Cc2ccc(Cl)cc2)c1. The van der Waals surface area contributed by atoms with E-state index in [0.29, 0.717) is 5.02 Å². The van der Waals surface area contributed by atoms with Gasteiger partial charge in [0.1, 0.15) is 11.6 Å². The van der Waals surface area contributed by atoms with Gasteiger partial charge < -0.3 is 9.88 Å². The molecule has 0 aliphatic carbocycles. The first kappa shape index (κ1) is 17.8. The fraction of sp³-hybridized carbons (Fsp3) is 0.0526. The Hall–Kier alpha value is -2.99. The molecule has 1 aromatic heterocycles. The quantitative estimate of drug-likeness (QED) is 0.748. The van der Waals surface area contributed by atoms with E-state index in [0.717, 1.165) is 23.8 Å². The predicted octanol–water partition coefficient (Wildman–Crippen LogP) is 4.08. The van der Waals surface area contributed by atoms with Crippen LogP contribution in [0.2, 0.25) is 5.02 Å². The van der Waals surface area contributed by atoms with Crippen molar-refractivity contribution in [3.63, 3.8) is 0 Å². The van der Waals surface area contributed by atoms with Crippen LogP contribution in [0.15, 0.2) is 65.6 Å². The predicted molar refractivity (Wildman–Crippen MR) is 95.6 cm³/mol. The highest BCUT2D eigenvalue weighted by molar-refractivity contribution is 6.30. The van der Waals surface area contributed by atoms with Gasteiger partial charge in [-0.3, -0.25) is 9.59 Å². The Kier molecular flexibility index (Phi) is 5.14. The number of pyridine rings is 1. The lowest BCUT2D eigenvalue weighted by molar-refractivity contribution is 0.102. The number of amides is 1. The lowest BCUT2D eigenvalue weighted by atomic mass is 10.2. The van der Waals surface area contributed by atoms with Crippen LogP contribution in [0.1, 0.15) is 15.9 Å². The Balaban J connectivity index is 1.84. The van der Waals surface area contributed by atoms with Gasteiger partial charge in [-0.1, -0.05) is 23.7 Å². The third-order valence-corrected chi connectivity index (χ3v) is 3.94. The molecule has 0 radical (unpaired) electrons. The molecule has 0 aliphatic heterocycles. The van der Waals surface area contributed by atoms with E-state index in [1.807, 2.05) is 0 Å². The molecule has 1 N–H and O–H groups in total. The molecule has 0 unspecified atom stereocenters. The molecular formula is C19H13ClF2N2O2. The summed E-state index contributed by atoms with van der Waals surface area (Å²) in [5.41, 5.74) is 0.395. The van der Waals surface area contributed by atoms with Gasteiger partial charge in [-0.15, -0.1) is 0 Å². The standard InChI is InChI=1S/C19H13ClF2N2O2/c20-14-4-1-12(2-5-14)10-24-11-13(3-8-18(24)25)19(26)23-17-9-15(21)6-7-16(17)22/h1-9,11H,10H2,(H,23,26). The molecule has 0 aliphatic rings. The first-order chi connectivity index (χ1) is 12.4. The molecule has 0 bridgehead atoms. The van der Waals surface area contributed by atoms with E-state index in [9.17, 15) is 18.4 Å². The number of carbonyl (C=O) groups is 1. The molecule has 0 saturated carbocycles. The summed E-state index contributed by atoms with van der Waals surface area (Å²) in [5.74, 6) is -2.08. The number of hydrogen-bond acceptors (Lipinski definition) is 2. The third kappa shape index (κ3) is 4.15. The average molecular weight is 375 g/mol. The molecular weight excluding hydrogens is 362 g/mol. The van der Waals surface area contributed by atoms with E-state index >= 15 is 0 Å². The van der Waals surface area contributed by atoms with Crippen LogP contribution in [0.4, 0.5) is 14.5 Å². The van der Waals surface area contributed by atoms with Crippen LogP contribution in [0.25, 0.3) is 0 Å². The molecule has 132 valence electrons. The molecule has 0 saturated heterocycles. The molecule has 1 heterocycles. The van der Waals surface area contributed by atoms with Gasteiger partial charge in [0.15, 0.2) is 0 Å². The zero-order valence-corrected chi connectivity index (χ0v) is 14.1. The number of hydrogen-bond donors (Lipinski definition) is 1. The number of nitrogens with zero attached hydrogens (tertiary/aromatic N) is 1. The van der Waals surface area contributed by atoms with Gasteiger partial charge in [-0.2, -0.15) is 0 Å². The van der Waals surface area contributed by atoms with Crippen LogP contribution in [0.5, 0.6) is 0 Å². The zero-order chi connectivity index (χ0) is 18.7. The van der Waals surface area contributed by atoms with Gasteiger partial charge in [0, 0.05) is 23.4 Å². The molecule has 2 aromatic carbocycles. The minimum Gasteiger partial charge on any atom is -0.319 e. The van der Waals surface area contributed by atoms with Gasteiger partial charge in [0.2, 0.25) is 0 Å². The van der Waals surface area contributed by atoms with Gasteiger partial charge >= 0.3 is 0 Å². The fourth-order valence-corrected chi connectivity index (χ4v) is 2.49. The average Bonchev–Trinajstić information content (AvgIpc) is 2.62. The maximum atomic E-state index is 13.7. The number of rotatable bonds is 4. The van der Waals surface area contributed by atoms with E-state index in [1.54, 1.807) is 24.3 Å².